The van der Waals surface area contributed by atoms with Crippen molar-refractivity contribution in [3.8, 4) is 0 Å². The summed E-state index contributed by atoms with van der Waals surface area (Å²) < 4.78 is 0. The number of nitrogens with one attached hydrogen (secondary N) is 1. The monoisotopic (exact) mass is 297 g/mol. The molecule has 4 heteroatoms. The molecule has 0 aromatic heterocycles. The summed E-state index contributed by atoms with van der Waals surface area (Å²) in [5, 5.41) is 13.4. The minimum atomic E-state index is -0.139. The van der Waals surface area contributed by atoms with Crippen LogP contribution in [0.2, 0.25) is 0 Å². The smallest absolute Gasteiger partial charge is 0.0611 e. The molecule has 0 bridgehead atoms. The van der Waals surface area contributed by atoms with E-state index in [-0.39, 0.29) is 12.1 Å². The Labute approximate surface area is 130 Å². The van der Waals surface area contributed by atoms with Crippen LogP contribution >= 0.6 is 0 Å². The van der Waals surface area contributed by atoms with Gasteiger partial charge in [-0.15, -0.1) is 0 Å². The summed E-state index contributed by atoms with van der Waals surface area (Å²) in [7, 11) is 6.66. The fourth-order valence-electron chi connectivity index (χ4n) is 3.65. The molecular weight excluding hydrogens is 262 g/mol. The Bertz CT molecular complexity index is 339. The molecule has 0 aromatic rings. The molecule has 0 radical (unpaired) electrons. The van der Waals surface area contributed by atoms with E-state index >= 15 is 0 Å². The molecule has 4 nitrogen and oxygen atoms in total. The van der Waals surface area contributed by atoms with E-state index in [0.29, 0.717) is 17.6 Å². The maximum Gasteiger partial charge on any atom is 0.0611 e. The van der Waals surface area contributed by atoms with Crippen LogP contribution in [0.3, 0.4) is 0 Å². The predicted octanol–water partition coefficient (Wildman–Crippen LogP) is 1.68. The molecule has 21 heavy (non-hydrogen) atoms. The standard InChI is InChI=1S/C17H35N3O/c1-14(11-16(2,13-21)18-15-7-8-15)20(5)12-17(19(3)4)9-6-10-17/h14-15,18,21H,6-13H2,1-5H3. The maximum atomic E-state index is 9.78. The molecule has 2 unspecified atom stereocenters. The van der Waals surface area contributed by atoms with Crippen LogP contribution < -0.4 is 5.32 Å². The van der Waals surface area contributed by atoms with E-state index in [9.17, 15) is 5.11 Å². The molecule has 124 valence electrons. The van der Waals surface area contributed by atoms with Gasteiger partial charge in [0.05, 0.1) is 6.61 Å². The van der Waals surface area contributed by atoms with Gasteiger partial charge >= 0.3 is 0 Å². The number of hydrogen-bond acceptors (Lipinski definition) is 4. The molecule has 0 aliphatic heterocycles. The average Bonchev–Trinajstić information content (AvgIpc) is 3.16. The van der Waals surface area contributed by atoms with Crippen molar-refractivity contribution in [2.45, 2.75) is 75.5 Å². The summed E-state index contributed by atoms with van der Waals surface area (Å²) in [5.41, 5.74) is 0.238. The van der Waals surface area contributed by atoms with Gasteiger partial charge in [-0.1, -0.05) is 0 Å². The summed E-state index contributed by atoms with van der Waals surface area (Å²) in [5.74, 6) is 0. The van der Waals surface area contributed by atoms with E-state index < -0.39 is 0 Å². The Morgan fingerprint density at radius 2 is 1.90 bits per heavy atom. The Morgan fingerprint density at radius 3 is 2.29 bits per heavy atom. The lowest BCUT2D eigenvalue weighted by atomic mass is 9.75. The van der Waals surface area contributed by atoms with Gasteiger partial charge in [0.25, 0.3) is 0 Å². The number of rotatable bonds is 9. The third kappa shape index (κ3) is 4.19. The van der Waals surface area contributed by atoms with Crippen LogP contribution in [0.4, 0.5) is 0 Å². The molecular formula is C17H35N3O. The number of aliphatic hydroxyl groups is 1. The highest BCUT2D eigenvalue weighted by Crippen LogP contribution is 2.37. The van der Waals surface area contributed by atoms with E-state index in [2.05, 4.69) is 50.1 Å². The van der Waals surface area contributed by atoms with Crippen LogP contribution in [-0.2, 0) is 0 Å². The van der Waals surface area contributed by atoms with Crippen molar-refractivity contribution >= 4 is 0 Å². The van der Waals surface area contributed by atoms with E-state index in [1.54, 1.807) is 0 Å². The van der Waals surface area contributed by atoms with Gasteiger partial charge in [-0.3, -0.25) is 0 Å². The molecule has 2 aliphatic carbocycles. The first kappa shape index (κ1) is 17.2. The third-order valence-electron chi connectivity index (χ3n) is 5.75. The zero-order chi connectivity index (χ0) is 15.7. The zero-order valence-corrected chi connectivity index (χ0v) is 14.7. The molecule has 0 spiro atoms. The number of aliphatic hydroxyl groups excluding tert-OH is 1. The average molecular weight is 297 g/mol. The molecule has 2 rings (SSSR count). The normalized spacial score (nSPS) is 25.7. The molecule has 2 N–H and O–H groups in total. The van der Waals surface area contributed by atoms with Gasteiger partial charge in [0.1, 0.15) is 0 Å². The Balaban J connectivity index is 1.87. The molecule has 0 saturated heterocycles. The van der Waals surface area contributed by atoms with Crippen molar-refractivity contribution in [2.75, 3.05) is 34.3 Å². The van der Waals surface area contributed by atoms with E-state index in [4.69, 9.17) is 0 Å². The summed E-state index contributed by atoms with van der Waals surface area (Å²) >= 11 is 0. The van der Waals surface area contributed by atoms with Crippen molar-refractivity contribution in [1.82, 2.24) is 15.1 Å². The fraction of sp³-hybridized carbons (Fsp3) is 1.00. The second-order valence-corrected chi connectivity index (χ2v) is 8.08. The van der Waals surface area contributed by atoms with Gasteiger partial charge in [0.15, 0.2) is 0 Å². The first-order valence-corrected chi connectivity index (χ1v) is 8.56. The highest BCUT2D eigenvalue weighted by molar-refractivity contribution is 4.99. The van der Waals surface area contributed by atoms with Crippen molar-refractivity contribution < 1.29 is 5.11 Å². The van der Waals surface area contributed by atoms with Crippen LogP contribution in [0, 0.1) is 0 Å². The minimum Gasteiger partial charge on any atom is -0.394 e. The lowest BCUT2D eigenvalue weighted by Gasteiger charge is -2.50. The lowest BCUT2D eigenvalue weighted by Crippen LogP contribution is -2.59. The molecule has 2 fully saturated rings. The number of hydrogen-bond donors (Lipinski definition) is 2. The van der Waals surface area contributed by atoms with Crippen molar-refractivity contribution in [3.63, 3.8) is 0 Å². The zero-order valence-electron chi connectivity index (χ0n) is 14.7. The van der Waals surface area contributed by atoms with Gasteiger partial charge in [-0.2, -0.15) is 0 Å². The van der Waals surface area contributed by atoms with Gasteiger partial charge in [0.2, 0.25) is 0 Å². The second-order valence-electron chi connectivity index (χ2n) is 8.08. The van der Waals surface area contributed by atoms with Crippen LogP contribution in [0.15, 0.2) is 0 Å². The van der Waals surface area contributed by atoms with E-state index in [1.165, 1.54) is 32.1 Å². The quantitative estimate of drug-likeness (QED) is 0.679. The van der Waals surface area contributed by atoms with Gasteiger partial charge < -0.3 is 20.2 Å². The Kier molecular flexibility index (Phi) is 5.35. The topological polar surface area (TPSA) is 38.7 Å². The summed E-state index contributed by atoms with van der Waals surface area (Å²) in [4.78, 5) is 4.90. The van der Waals surface area contributed by atoms with Gasteiger partial charge in [-0.05, 0) is 73.5 Å². The SMILES string of the molecule is CC(CC(C)(CO)NC1CC1)N(C)CC1(N(C)C)CCC1. The van der Waals surface area contributed by atoms with Gasteiger partial charge in [0, 0.05) is 29.7 Å². The summed E-state index contributed by atoms with van der Waals surface area (Å²) in [6.45, 7) is 5.82. The van der Waals surface area contributed by atoms with Crippen molar-refractivity contribution in [2.24, 2.45) is 0 Å². The van der Waals surface area contributed by atoms with Crippen LogP contribution in [-0.4, -0.2) is 72.4 Å². The molecule has 0 heterocycles. The van der Waals surface area contributed by atoms with Crippen LogP contribution in [0.1, 0.15) is 52.4 Å². The molecule has 0 amide bonds. The highest BCUT2D eigenvalue weighted by atomic mass is 16.3. The molecule has 2 atom stereocenters. The second kappa shape index (κ2) is 6.53. The third-order valence-corrected chi connectivity index (χ3v) is 5.75. The van der Waals surface area contributed by atoms with Crippen LogP contribution in [0.5, 0.6) is 0 Å². The molecule has 2 aliphatic rings. The molecule has 0 aromatic carbocycles. The summed E-state index contributed by atoms with van der Waals surface area (Å²) in [6, 6.07) is 1.12. The Morgan fingerprint density at radius 1 is 1.29 bits per heavy atom. The van der Waals surface area contributed by atoms with Crippen LogP contribution in [0.25, 0.3) is 0 Å². The Hall–Kier alpha value is -0.160. The minimum absolute atomic E-state index is 0.139. The van der Waals surface area contributed by atoms with E-state index in [1.807, 2.05) is 0 Å². The lowest BCUT2D eigenvalue weighted by molar-refractivity contribution is 0.0115. The van der Waals surface area contributed by atoms with Gasteiger partial charge in [-0.25, -0.2) is 0 Å². The van der Waals surface area contributed by atoms with Crippen molar-refractivity contribution in [1.29, 1.82) is 0 Å². The largest absolute Gasteiger partial charge is 0.394 e. The van der Waals surface area contributed by atoms with Crippen molar-refractivity contribution in [3.05, 3.63) is 0 Å². The van der Waals surface area contributed by atoms with E-state index in [0.717, 1.165) is 13.0 Å². The maximum absolute atomic E-state index is 9.78. The fourth-order valence-corrected chi connectivity index (χ4v) is 3.65. The summed E-state index contributed by atoms with van der Waals surface area (Å²) in [6.07, 6.45) is 7.52. The highest BCUT2D eigenvalue weighted by Gasteiger charge is 2.41. The first-order chi connectivity index (χ1) is 9.80. The molecule has 2 saturated carbocycles. The number of likely N-dealkylation sites (N-methyl/N-ethyl adjacent to an activating group) is 2. The first-order valence-electron chi connectivity index (χ1n) is 8.56. The predicted molar refractivity (Wildman–Crippen MR) is 88.6 cm³/mol. The number of nitrogens with zero attached hydrogens (tertiary/aromatic N) is 2.